The van der Waals surface area contributed by atoms with Crippen molar-refractivity contribution in [3.8, 4) is 17.2 Å². The largest absolute Gasteiger partial charge is 0.493 e. The summed E-state index contributed by atoms with van der Waals surface area (Å²) in [5.41, 5.74) is 2.16. The van der Waals surface area contributed by atoms with Crippen molar-refractivity contribution in [2.75, 3.05) is 31.5 Å². The van der Waals surface area contributed by atoms with E-state index in [0.717, 1.165) is 37.5 Å². The van der Waals surface area contributed by atoms with Crippen LogP contribution in [0.3, 0.4) is 0 Å². The Balaban J connectivity index is 1.34. The van der Waals surface area contributed by atoms with Crippen LogP contribution in [0.15, 0.2) is 72.8 Å². The standard InChI is InChI=1S/C42H45N3O10/c1-2-51-37(47)24-34-40(55-38(48)22-26-13-18-35-36(21-26)54-25-53-35)39(44-41(49)28-10-4-3-5-11-28)30-23-29(52-20-8-19-46)15-17-33(30)45(34)42(50)32-16-14-27-9-6-7-12-31(27)43-32/h6-7,9,12-18,21,23,28,34,39-40,46H,2-5,8,10-11,19-20,22,24-25H2,1H3,(H,44,49)/t34-,39-,40-/m0/s1. The highest BCUT2D eigenvalue weighted by Crippen LogP contribution is 2.43. The van der Waals surface area contributed by atoms with Crippen LogP contribution in [-0.2, 0) is 30.3 Å². The highest BCUT2D eigenvalue weighted by molar-refractivity contribution is 6.07. The van der Waals surface area contributed by atoms with E-state index in [2.05, 4.69) is 10.3 Å². The molecule has 1 fully saturated rings. The van der Waals surface area contributed by atoms with E-state index < -0.39 is 36.0 Å². The first-order chi connectivity index (χ1) is 26.8. The van der Waals surface area contributed by atoms with Crippen molar-refractivity contribution in [1.29, 1.82) is 0 Å². The van der Waals surface area contributed by atoms with E-state index in [0.29, 0.717) is 46.0 Å². The van der Waals surface area contributed by atoms with Gasteiger partial charge in [0.2, 0.25) is 12.7 Å². The molecule has 3 heterocycles. The van der Waals surface area contributed by atoms with Gasteiger partial charge in [0.05, 0.1) is 49.3 Å². The molecule has 1 aromatic heterocycles. The van der Waals surface area contributed by atoms with Crippen LogP contribution in [0.1, 0.15) is 79.5 Å². The number of fused-ring (bicyclic) bond motifs is 3. The molecule has 3 aliphatic rings. The summed E-state index contributed by atoms with van der Waals surface area (Å²) >= 11 is 0. The number of anilines is 1. The van der Waals surface area contributed by atoms with E-state index in [1.165, 1.54) is 4.90 Å². The van der Waals surface area contributed by atoms with Gasteiger partial charge in [0.1, 0.15) is 17.5 Å². The second kappa shape index (κ2) is 17.2. The third-order valence-corrected chi connectivity index (χ3v) is 10.2. The number of amides is 2. The van der Waals surface area contributed by atoms with Crippen molar-refractivity contribution in [2.24, 2.45) is 5.92 Å². The van der Waals surface area contributed by atoms with E-state index in [1.807, 2.05) is 18.2 Å². The number of hydrogen-bond donors (Lipinski definition) is 2. The van der Waals surface area contributed by atoms with E-state index in [1.54, 1.807) is 61.5 Å². The third kappa shape index (κ3) is 8.51. The maximum Gasteiger partial charge on any atom is 0.310 e. The van der Waals surface area contributed by atoms with Gasteiger partial charge in [-0.05, 0) is 67.8 Å². The van der Waals surface area contributed by atoms with Crippen LogP contribution in [0.25, 0.3) is 10.9 Å². The Labute approximate surface area is 318 Å². The normalized spacial score (nSPS) is 19.0. The Bertz CT molecular complexity index is 2050. The number of hydrogen-bond acceptors (Lipinski definition) is 11. The average molecular weight is 752 g/mol. The Hall–Kier alpha value is -5.69. The number of carbonyl (C=O) groups is 4. The summed E-state index contributed by atoms with van der Waals surface area (Å²) < 4.78 is 28.7. The highest BCUT2D eigenvalue weighted by atomic mass is 16.7. The zero-order chi connectivity index (χ0) is 38.3. The lowest BCUT2D eigenvalue weighted by Crippen LogP contribution is -2.59. The molecule has 3 aromatic carbocycles. The summed E-state index contributed by atoms with van der Waals surface area (Å²) in [6.45, 7) is 2.00. The van der Waals surface area contributed by atoms with Crippen LogP contribution in [0.2, 0.25) is 0 Å². The summed E-state index contributed by atoms with van der Waals surface area (Å²) in [7, 11) is 0. The van der Waals surface area contributed by atoms with E-state index >= 15 is 0 Å². The summed E-state index contributed by atoms with van der Waals surface area (Å²) in [4.78, 5) is 62.5. The Morgan fingerprint density at radius 2 is 1.75 bits per heavy atom. The summed E-state index contributed by atoms with van der Waals surface area (Å²) in [5, 5.41) is 13.4. The molecule has 1 saturated carbocycles. The van der Waals surface area contributed by atoms with Gasteiger partial charge >= 0.3 is 11.9 Å². The van der Waals surface area contributed by atoms with Crippen LogP contribution < -0.4 is 24.4 Å². The van der Waals surface area contributed by atoms with Gasteiger partial charge in [0.15, 0.2) is 11.5 Å². The lowest BCUT2D eigenvalue weighted by atomic mass is 9.84. The number of aliphatic hydroxyl groups excluding tert-OH is 1. The number of ether oxygens (including phenoxy) is 5. The topological polar surface area (TPSA) is 163 Å². The fourth-order valence-electron chi connectivity index (χ4n) is 7.59. The fourth-order valence-corrected chi connectivity index (χ4v) is 7.59. The number of benzene rings is 3. The number of nitrogens with one attached hydrogen (secondary N) is 1. The lowest BCUT2D eigenvalue weighted by molar-refractivity contribution is -0.155. The smallest absolute Gasteiger partial charge is 0.310 e. The number of esters is 2. The highest BCUT2D eigenvalue weighted by Gasteiger charge is 2.48. The number of carbonyl (C=O) groups excluding carboxylic acids is 4. The maximum absolute atomic E-state index is 14.9. The first-order valence-corrected chi connectivity index (χ1v) is 18.9. The van der Waals surface area contributed by atoms with Gasteiger partial charge in [-0.2, -0.15) is 0 Å². The molecule has 2 amide bonds. The molecule has 55 heavy (non-hydrogen) atoms. The quantitative estimate of drug-likeness (QED) is 0.129. The second-order valence-electron chi connectivity index (χ2n) is 13.9. The van der Waals surface area contributed by atoms with Crippen molar-refractivity contribution in [2.45, 2.75) is 76.5 Å². The Morgan fingerprint density at radius 3 is 2.56 bits per heavy atom. The molecular formula is C42H45N3O10. The van der Waals surface area contributed by atoms with E-state index in [9.17, 15) is 24.3 Å². The zero-order valence-electron chi connectivity index (χ0n) is 30.7. The molecule has 0 radical (unpaired) electrons. The molecule has 288 valence electrons. The molecule has 13 nitrogen and oxygen atoms in total. The second-order valence-corrected chi connectivity index (χ2v) is 13.9. The molecular weight excluding hydrogens is 706 g/mol. The van der Waals surface area contributed by atoms with Gasteiger partial charge in [-0.25, -0.2) is 4.98 Å². The number of rotatable bonds is 13. The van der Waals surface area contributed by atoms with Crippen molar-refractivity contribution < 1.29 is 48.0 Å². The van der Waals surface area contributed by atoms with Gasteiger partial charge in [-0.1, -0.05) is 49.6 Å². The Kier molecular flexibility index (Phi) is 11.8. The number of pyridine rings is 1. The minimum Gasteiger partial charge on any atom is -0.493 e. The van der Waals surface area contributed by atoms with E-state index in [4.69, 9.17) is 23.7 Å². The first kappa shape index (κ1) is 37.6. The SMILES string of the molecule is CCOC(=O)C[C@H]1[C@H](OC(=O)Cc2ccc3c(c2)OCO3)[C@@H](NC(=O)C2CCCCC2)c2cc(OCCCO)ccc2N1C(=O)c1ccc2ccccc2n1. The molecule has 7 rings (SSSR count). The van der Waals surface area contributed by atoms with Crippen LogP contribution in [0.4, 0.5) is 5.69 Å². The summed E-state index contributed by atoms with van der Waals surface area (Å²) in [6.07, 6.45) is 2.95. The molecule has 0 bridgehead atoms. The third-order valence-electron chi connectivity index (χ3n) is 10.2. The molecule has 0 spiro atoms. The maximum atomic E-state index is 14.9. The van der Waals surface area contributed by atoms with Gasteiger partial charge in [-0.3, -0.25) is 24.1 Å². The molecule has 4 aromatic rings. The van der Waals surface area contributed by atoms with Crippen LogP contribution in [-0.4, -0.2) is 72.6 Å². The van der Waals surface area contributed by atoms with Crippen LogP contribution >= 0.6 is 0 Å². The van der Waals surface area contributed by atoms with Gasteiger partial charge in [0, 0.05) is 29.9 Å². The van der Waals surface area contributed by atoms with E-state index in [-0.39, 0.29) is 57.0 Å². The van der Waals surface area contributed by atoms with Gasteiger partial charge < -0.3 is 34.1 Å². The molecule has 2 N–H and O–H groups in total. The molecule has 0 saturated heterocycles. The van der Waals surface area contributed by atoms with Crippen molar-refractivity contribution in [3.63, 3.8) is 0 Å². The number of aromatic nitrogens is 1. The monoisotopic (exact) mass is 751 g/mol. The zero-order valence-corrected chi connectivity index (χ0v) is 30.7. The van der Waals surface area contributed by atoms with Crippen molar-refractivity contribution in [3.05, 3.63) is 89.6 Å². The minimum absolute atomic E-state index is 0.0665. The Morgan fingerprint density at radius 1 is 0.927 bits per heavy atom. The summed E-state index contributed by atoms with van der Waals surface area (Å²) in [6, 6.07) is 19.0. The number of nitrogens with zero attached hydrogens (tertiary/aromatic N) is 2. The van der Waals surface area contributed by atoms with Crippen molar-refractivity contribution >= 4 is 40.3 Å². The molecule has 13 heteroatoms. The van der Waals surface area contributed by atoms with Crippen LogP contribution in [0.5, 0.6) is 17.2 Å². The summed E-state index contributed by atoms with van der Waals surface area (Å²) in [5.74, 6) is -0.764. The van der Waals surface area contributed by atoms with Gasteiger partial charge in [-0.15, -0.1) is 0 Å². The molecule has 0 unspecified atom stereocenters. The minimum atomic E-state index is -1.25. The lowest BCUT2D eigenvalue weighted by Gasteiger charge is -2.46. The molecule has 2 aliphatic heterocycles. The number of aliphatic hydroxyl groups is 1. The van der Waals surface area contributed by atoms with Gasteiger partial charge in [0.25, 0.3) is 5.91 Å². The predicted octanol–water partition coefficient (Wildman–Crippen LogP) is 5.60. The fraction of sp³-hybridized carbons (Fsp3) is 0.405. The molecule has 3 atom stereocenters. The first-order valence-electron chi connectivity index (χ1n) is 18.9. The van der Waals surface area contributed by atoms with Crippen molar-refractivity contribution in [1.82, 2.24) is 10.3 Å². The number of para-hydroxylation sites is 1. The average Bonchev–Trinajstić information content (AvgIpc) is 3.67. The van der Waals surface area contributed by atoms with Crippen LogP contribution in [0, 0.1) is 5.92 Å². The molecule has 1 aliphatic carbocycles. The predicted molar refractivity (Wildman–Crippen MR) is 201 cm³/mol.